The molecule has 0 radical (unpaired) electrons. The lowest BCUT2D eigenvalue weighted by molar-refractivity contribution is -0.137. The summed E-state index contributed by atoms with van der Waals surface area (Å²) >= 11 is 0. The molecule has 0 unspecified atom stereocenters. The summed E-state index contributed by atoms with van der Waals surface area (Å²) < 4.78 is 41.1. The van der Waals surface area contributed by atoms with Crippen LogP contribution in [0.15, 0.2) is 36.4 Å². The van der Waals surface area contributed by atoms with Crippen LogP contribution in [0.4, 0.5) is 29.3 Å². The number of alkyl halides is 3. The Balaban J connectivity index is 2.43. The van der Waals surface area contributed by atoms with Crippen molar-refractivity contribution in [2.24, 2.45) is 5.73 Å². The first-order chi connectivity index (χ1) is 13.7. The smallest absolute Gasteiger partial charge is 0.351 e. The predicted octanol–water partition coefficient (Wildman–Crippen LogP) is 3.00. The van der Waals surface area contributed by atoms with Crippen molar-refractivity contribution in [2.75, 3.05) is 10.6 Å². The number of rotatable bonds is 4. The van der Waals surface area contributed by atoms with Crippen LogP contribution in [0, 0.1) is 0 Å². The summed E-state index contributed by atoms with van der Waals surface area (Å²) in [7, 11) is 0. The number of anilines is 2. The summed E-state index contributed by atoms with van der Waals surface area (Å²) in [6.45, 7) is 1.21. The third-order valence-electron chi connectivity index (χ3n) is 3.86. The molecule has 1 heterocycles. The van der Waals surface area contributed by atoms with Gasteiger partial charge in [0.1, 0.15) is 0 Å². The first kappa shape index (κ1) is 19.8. The number of H-pyrrole nitrogens is 1. The van der Waals surface area contributed by atoms with Gasteiger partial charge in [-0.3, -0.25) is 4.79 Å². The van der Waals surface area contributed by atoms with Crippen molar-refractivity contribution in [1.82, 2.24) is 20.6 Å². The molecule has 2 aromatic carbocycles. The third kappa shape index (κ3) is 4.15. The van der Waals surface area contributed by atoms with E-state index in [1.165, 1.54) is 37.3 Å². The number of hydrogen-bond donors (Lipinski definition) is 4. The van der Waals surface area contributed by atoms with E-state index >= 15 is 0 Å². The maximum Gasteiger partial charge on any atom is 0.417 e. The van der Waals surface area contributed by atoms with Crippen molar-refractivity contribution < 1.29 is 22.8 Å². The van der Waals surface area contributed by atoms with Gasteiger partial charge in [0.15, 0.2) is 5.82 Å². The average Bonchev–Trinajstić information content (AvgIpc) is 3.15. The molecule has 0 aliphatic rings. The van der Waals surface area contributed by atoms with Gasteiger partial charge in [-0.25, -0.2) is 9.89 Å². The van der Waals surface area contributed by atoms with Crippen LogP contribution in [0.3, 0.4) is 0 Å². The van der Waals surface area contributed by atoms with Gasteiger partial charge in [0, 0.05) is 18.2 Å². The molecular weight excluding hydrogens is 391 g/mol. The topological polar surface area (TPSA) is 139 Å². The van der Waals surface area contributed by atoms with Gasteiger partial charge < -0.3 is 16.4 Å². The zero-order valence-corrected chi connectivity index (χ0v) is 14.8. The first-order valence-corrected chi connectivity index (χ1v) is 8.10. The van der Waals surface area contributed by atoms with E-state index in [0.717, 1.165) is 6.07 Å². The quantitative estimate of drug-likeness (QED) is 0.528. The van der Waals surface area contributed by atoms with E-state index < -0.39 is 23.7 Å². The van der Waals surface area contributed by atoms with E-state index in [1.54, 1.807) is 0 Å². The van der Waals surface area contributed by atoms with Crippen LogP contribution in [-0.2, 0) is 11.0 Å². The number of amides is 3. The number of nitrogens with zero attached hydrogens (tertiary/aromatic N) is 3. The predicted molar refractivity (Wildman–Crippen MR) is 97.6 cm³/mol. The lowest BCUT2D eigenvalue weighted by Gasteiger charge is -2.20. The molecule has 29 heavy (non-hydrogen) atoms. The number of halogens is 3. The van der Waals surface area contributed by atoms with E-state index in [2.05, 4.69) is 31.3 Å². The SMILES string of the molecule is CC(=O)Nc1ccc(NC(N)=O)c(-c2nnn[nH]2)c1-c1ccccc1C(F)(F)F. The molecule has 3 rings (SSSR count). The van der Waals surface area contributed by atoms with E-state index in [0.29, 0.717) is 0 Å². The molecule has 0 aliphatic heterocycles. The Labute approximate surface area is 161 Å². The second-order valence-corrected chi connectivity index (χ2v) is 5.87. The van der Waals surface area contributed by atoms with Gasteiger partial charge in [-0.05, 0) is 34.2 Å². The van der Waals surface area contributed by atoms with E-state index in [4.69, 9.17) is 5.73 Å². The number of aromatic amines is 1. The van der Waals surface area contributed by atoms with Crippen LogP contribution in [0.2, 0.25) is 0 Å². The molecule has 0 aliphatic carbocycles. The van der Waals surface area contributed by atoms with Crippen LogP contribution in [-0.4, -0.2) is 32.6 Å². The summed E-state index contributed by atoms with van der Waals surface area (Å²) in [5.74, 6) is -0.541. The molecule has 3 aromatic rings. The van der Waals surface area contributed by atoms with Crippen LogP contribution in [0.1, 0.15) is 12.5 Å². The second-order valence-electron chi connectivity index (χ2n) is 5.87. The molecule has 0 saturated carbocycles. The highest BCUT2D eigenvalue weighted by molar-refractivity contribution is 6.05. The highest BCUT2D eigenvalue weighted by Gasteiger charge is 2.35. The zero-order chi connectivity index (χ0) is 21.2. The largest absolute Gasteiger partial charge is 0.417 e. The van der Waals surface area contributed by atoms with Gasteiger partial charge in [-0.1, -0.05) is 18.2 Å². The summed E-state index contributed by atoms with van der Waals surface area (Å²) in [5.41, 5.74) is 4.10. The van der Waals surface area contributed by atoms with Crippen LogP contribution < -0.4 is 16.4 Å². The molecule has 150 valence electrons. The molecule has 0 saturated heterocycles. The van der Waals surface area contributed by atoms with Crippen molar-refractivity contribution in [1.29, 1.82) is 0 Å². The van der Waals surface area contributed by atoms with E-state index in [9.17, 15) is 22.8 Å². The fourth-order valence-corrected chi connectivity index (χ4v) is 2.87. The minimum Gasteiger partial charge on any atom is -0.351 e. The Kier molecular flexibility index (Phi) is 5.17. The Hall–Kier alpha value is -3.96. The zero-order valence-electron chi connectivity index (χ0n) is 14.8. The van der Waals surface area contributed by atoms with Crippen LogP contribution >= 0.6 is 0 Å². The van der Waals surface area contributed by atoms with Gasteiger partial charge in [-0.15, -0.1) is 5.10 Å². The molecule has 0 atom stereocenters. The molecule has 1 aromatic heterocycles. The van der Waals surface area contributed by atoms with Crippen LogP contribution in [0.5, 0.6) is 0 Å². The number of benzene rings is 2. The molecule has 5 N–H and O–H groups in total. The second kappa shape index (κ2) is 7.58. The lowest BCUT2D eigenvalue weighted by Crippen LogP contribution is -2.20. The number of primary amides is 1. The number of nitrogens with two attached hydrogens (primary N) is 1. The van der Waals surface area contributed by atoms with Crippen molar-refractivity contribution in [3.8, 4) is 22.5 Å². The standard InChI is InChI=1S/C17H14F3N7O2/c1-8(28)22-11-6-7-12(23-16(21)29)14(15-24-26-27-25-15)13(11)9-4-2-3-5-10(9)17(18,19)20/h2-7H,1H3,(H,22,28)(H3,21,23,29)(H,24,25,26,27). The third-order valence-corrected chi connectivity index (χ3v) is 3.86. The van der Waals surface area contributed by atoms with Gasteiger partial charge in [0.05, 0.1) is 16.8 Å². The number of urea groups is 1. The first-order valence-electron chi connectivity index (χ1n) is 8.10. The van der Waals surface area contributed by atoms with Gasteiger partial charge in [0.25, 0.3) is 0 Å². The Morgan fingerprint density at radius 1 is 1.03 bits per heavy atom. The molecule has 3 amide bonds. The average molecular weight is 405 g/mol. The van der Waals surface area contributed by atoms with Gasteiger partial charge >= 0.3 is 12.2 Å². The van der Waals surface area contributed by atoms with Crippen molar-refractivity contribution >= 4 is 23.3 Å². The highest BCUT2D eigenvalue weighted by Crippen LogP contribution is 2.46. The number of carbonyl (C=O) groups is 2. The highest BCUT2D eigenvalue weighted by atomic mass is 19.4. The van der Waals surface area contributed by atoms with E-state index in [-0.39, 0.29) is 33.9 Å². The summed E-state index contributed by atoms with van der Waals surface area (Å²) in [6, 6.07) is 6.58. The Morgan fingerprint density at radius 3 is 2.24 bits per heavy atom. The minimum atomic E-state index is -4.69. The molecular formula is C17H14F3N7O2. The molecule has 0 spiro atoms. The molecule has 0 fully saturated rings. The normalized spacial score (nSPS) is 11.2. The Morgan fingerprint density at radius 2 is 1.69 bits per heavy atom. The number of carbonyl (C=O) groups excluding carboxylic acids is 2. The van der Waals surface area contributed by atoms with Crippen molar-refractivity contribution in [3.05, 3.63) is 42.0 Å². The number of nitrogens with one attached hydrogen (secondary N) is 3. The minimum absolute atomic E-state index is 0.0248. The number of tetrazole rings is 1. The molecule has 12 heteroatoms. The number of hydrogen-bond acceptors (Lipinski definition) is 5. The molecule has 0 bridgehead atoms. The summed E-state index contributed by atoms with van der Waals surface area (Å²) in [5, 5.41) is 17.9. The fraction of sp³-hybridized carbons (Fsp3) is 0.118. The maximum absolute atomic E-state index is 13.7. The van der Waals surface area contributed by atoms with Gasteiger partial charge in [0.2, 0.25) is 5.91 Å². The maximum atomic E-state index is 13.7. The Bertz CT molecular complexity index is 1070. The van der Waals surface area contributed by atoms with Crippen molar-refractivity contribution in [2.45, 2.75) is 13.1 Å². The van der Waals surface area contributed by atoms with Crippen LogP contribution in [0.25, 0.3) is 22.5 Å². The summed E-state index contributed by atoms with van der Waals surface area (Å²) in [6.07, 6.45) is -4.69. The fourth-order valence-electron chi connectivity index (χ4n) is 2.87. The summed E-state index contributed by atoms with van der Waals surface area (Å²) in [4.78, 5) is 23.1. The molecule has 9 nitrogen and oxygen atoms in total. The lowest BCUT2D eigenvalue weighted by atomic mass is 9.91. The monoisotopic (exact) mass is 405 g/mol. The van der Waals surface area contributed by atoms with Crippen molar-refractivity contribution in [3.63, 3.8) is 0 Å². The van der Waals surface area contributed by atoms with E-state index in [1.807, 2.05) is 0 Å². The van der Waals surface area contributed by atoms with Gasteiger partial charge in [-0.2, -0.15) is 13.2 Å². The number of aromatic nitrogens is 4.